The van der Waals surface area contributed by atoms with Crippen molar-refractivity contribution in [1.29, 1.82) is 0 Å². The molecule has 0 saturated heterocycles. The molecule has 0 fully saturated rings. The summed E-state index contributed by atoms with van der Waals surface area (Å²) in [6.07, 6.45) is -4.43. The van der Waals surface area contributed by atoms with Gasteiger partial charge in [-0.25, -0.2) is 0 Å². The summed E-state index contributed by atoms with van der Waals surface area (Å²) in [5, 5.41) is 3.21. The normalized spacial score (nSPS) is 11.5. The van der Waals surface area contributed by atoms with Crippen LogP contribution in [-0.4, -0.2) is 0 Å². The smallest absolute Gasteiger partial charge is 0.380 e. The van der Waals surface area contributed by atoms with Crippen molar-refractivity contribution in [2.24, 2.45) is 0 Å². The Morgan fingerprint density at radius 2 is 1.48 bits per heavy atom. The molecule has 0 atom stereocenters. The summed E-state index contributed by atoms with van der Waals surface area (Å²) < 4.78 is 42.3. The van der Waals surface area contributed by atoms with E-state index in [-0.39, 0.29) is 5.56 Å². The highest BCUT2D eigenvalue weighted by molar-refractivity contribution is 14.1. The van der Waals surface area contributed by atoms with Gasteiger partial charge in [-0.05, 0) is 65.3 Å². The minimum Gasteiger partial charge on any atom is -0.380 e. The Balaban J connectivity index is 2.17. The van der Waals surface area contributed by atoms with Crippen LogP contribution < -0.4 is 5.32 Å². The molecule has 0 unspecified atom stereocenters. The van der Waals surface area contributed by atoms with E-state index >= 15 is 0 Å². The van der Waals surface area contributed by atoms with Crippen LogP contribution >= 0.6 is 22.6 Å². The first-order valence-electron chi connectivity index (χ1n) is 8.53. The molecule has 0 aromatic heterocycles. The zero-order valence-electron chi connectivity index (χ0n) is 15.0. The molecule has 0 aliphatic heterocycles. The van der Waals surface area contributed by atoms with Gasteiger partial charge >= 0.3 is 6.18 Å². The van der Waals surface area contributed by atoms with E-state index in [1.54, 1.807) is 6.07 Å². The second-order valence-electron chi connectivity index (χ2n) is 6.45. The fourth-order valence-corrected chi connectivity index (χ4v) is 3.96. The zero-order chi connectivity index (χ0) is 19.6. The van der Waals surface area contributed by atoms with E-state index in [2.05, 4.69) is 27.9 Å². The number of hydrogen-bond donors (Lipinski definition) is 1. The Labute approximate surface area is 170 Å². The van der Waals surface area contributed by atoms with Crippen molar-refractivity contribution in [2.45, 2.75) is 26.6 Å². The molecule has 3 aromatic rings. The van der Waals surface area contributed by atoms with E-state index < -0.39 is 11.7 Å². The Bertz CT molecular complexity index is 950. The molecule has 3 aromatic carbocycles. The Morgan fingerprint density at radius 1 is 0.815 bits per heavy atom. The second kappa shape index (κ2) is 7.92. The summed E-state index contributed by atoms with van der Waals surface area (Å²) in [5.41, 5.74) is 3.52. The molecule has 1 N–H and O–H groups in total. The molecule has 0 heterocycles. The number of nitrogens with one attached hydrogen (secondary N) is 1. The predicted molar refractivity (Wildman–Crippen MR) is 113 cm³/mol. The van der Waals surface area contributed by atoms with Crippen LogP contribution in [0.1, 0.15) is 22.3 Å². The molecule has 27 heavy (non-hydrogen) atoms. The van der Waals surface area contributed by atoms with Crippen molar-refractivity contribution in [3.8, 4) is 11.1 Å². The summed E-state index contributed by atoms with van der Waals surface area (Å²) in [6, 6.07) is 17.8. The number of aryl methyl sites for hydroxylation is 2. The van der Waals surface area contributed by atoms with Gasteiger partial charge in [-0.3, -0.25) is 0 Å². The Kier molecular flexibility index (Phi) is 5.79. The number of rotatable bonds is 4. The summed E-state index contributed by atoms with van der Waals surface area (Å²) in [4.78, 5) is 0. The number of anilines is 1. The third-order valence-electron chi connectivity index (χ3n) is 4.49. The third kappa shape index (κ3) is 4.29. The van der Waals surface area contributed by atoms with Gasteiger partial charge in [0, 0.05) is 26.9 Å². The quantitative estimate of drug-likeness (QED) is 0.389. The van der Waals surface area contributed by atoms with Gasteiger partial charge in [-0.2, -0.15) is 13.2 Å². The average Bonchev–Trinajstić information content (AvgIpc) is 2.64. The SMILES string of the molecule is Cc1ccc(C)c(-c2c(NCc3ccccc3)cccc2C(F)(F)F)c1I. The van der Waals surface area contributed by atoms with Crippen LogP contribution in [0.4, 0.5) is 18.9 Å². The molecule has 140 valence electrons. The summed E-state index contributed by atoms with van der Waals surface area (Å²) in [7, 11) is 0. The first-order valence-corrected chi connectivity index (χ1v) is 9.61. The van der Waals surface area contributed by atoms with Crippen molar-refractivity contribution in [3.63, 3.8) is 0 Å². The average molecular weight is 481 g/mol. The monoisotopic (exact) mass is 481 g/mol. The number of benzene rings is 3. The maximum Gasteiger partial charge on any atom is 0.417 e. The predicted octanol–water partition coefficient (Wildman–Crippen LogP) is 7.21. The molecule has 0 radical (unpaired) electrons. The maximum atomic E-state index is 13.8. The van der Waals surface area contributed by atoms with Crippen molar-refractivity contribution in [3.05, 3.63) is 86.5 Å². The van der Waals surface area contributed by atoms with Crippen LogP contribution in [0.2, 0.25) is 0 Å². The van der Waals surface area contributed by atoms with E-state index in [1.165, 1.54) is 6.07 Å². The van der Waals surface area contributed by atoms with Crippen LogP contribution in [0.15, 0.2) is 60.7 Å². The van der Waals surface area contributed by atoms with Gasteiger partial charge in [0.2, 0.25) is 0 Å². The number of alkyl halides is 3. The van der Waals surface area contributed by atoms with Crippen LogP contribution in [0.3, 0.4) is 0 Å². The van der Waals surface area contributed by atoms with E-state index in [9.17, 15) is 13.2 Å². The molecule has 0 saturated carbocycles. The zero-order valence-corrected chi connectivity index (χ0v) is 17.1. The first kappa shape index (κ1) is 19.7. The van der Waals surface area contributed by atoms with E-state index in [1.807, 2.05) is 56.3 Å². The van der Waals surface area contributed by atoms with Crippen LogP contribution in [0.25, 0.3) is 11.1 Å². The van der Waals surface area contributed by atoms with Gasteiger partial charge in [-0.15, -0.1) is 0 Å². The molecule has 5 heteroatoms. The standard InChI is InChI=1S/C22H19F3IN/c1-14-11-12-15(2)21(26)19(14)20-17(22(23,24)25)9-6-10-18(20)27-13-16-7-4-3-5-8-16/h3-12,27H,13H2,1-2H3. The lowest BCUT2D eigenvalue weighted by Crippen LogP contribution is -2.11. The highest BCUT2D eigenvalue weighted by Gasteiger charge is 2.35. The minimum atomic E-state index is -4.43. The minimum absolute atomic E-state index is 0.214. The van der Waals surface area contributed by atoms with Crippen molar-refractivity contribution < 1.29 is 13.2 Å². The van der Waals surface area contributed by atoms with Gasteiger partial charge in [-0.1, -0.05) is 48.5 Å². The maximum absolute atomic E-state index is 13.8. The van der Waals surface area contributed by atoms with E-state index in [4.69, 9.17) is 0 Å². The van der Waals surface area contributed by atoms with Crippen molar-refractivity contribution in [2.75, 3.05) is 5.32 Å². The lowest BCUT2D eigenvalue weighted by molar-refractivity contribution is -0.137. The van der Waals surface area contributed by atoms with Gasteiger partial charge < -0.3 is 5.32 Å². The lowest BCUT2D eigenvalue weighted by Gasteiger charge is -2.21. The van der Waals surface area contributed by atoms with Gasteiger partial charge in [0.1, 0.15) is 0 Å². The van der Waals surface area contributed by atoms with Crippen LogP contribution in [0, 0.1) is 17.4 Å². The lowest BCUT2D eigenvalue weighted by atomic mass is 9.92. The molecule has 0 spiro atoms. The fourth-order valence-electron chi connectivity index (χ4n) is 3.08. The van der Waals surface area contributed by atoms with Gasteiger partial charge in [0.25, 0.3) is 0 Å². The largest absolute Gasteiger partial charge is 0.417 e. The Hall–Kier alpha value is -2.02. The Morgan fingerprint density at radius 3 is 2.15 bits per heavy atom. The molecule has 3 rings (SSSR count). The van der Waals surface area contributed by atoms with Crippen molar-refractivity contribution >= 4 is 28.3 Å². The van der Waals surface area contributed by atoms with Crippen LogP contribution in [-0.2, 0) is 12.7 Å². The topological polar surface area (TPSA) is 12.0 Å². The molecule has 0 bridgehead atoms. The summed E-state index contributed by atoms with van der Waals surface area (Å²) in [6.45, 7) is 4.22. The fraction of sp³-hybridized carbons (Fsp3) is 0.182. The van der Waals surface area contributed by atoms with Crippen molar-refractivity contribution in [1.82, 2.24) is 0 Å². The number of hydrogen-bond acceptors (Lipinski definition) is 1. The van der Waals surface area contributed by atoms with E-state index in [0.29, 0.717) is 17.8 Å². The number of halogens is 4. The molecule has 1 nitrogen and oxygen atoms in total. The molecule has 0 aliphatic rings. The van der Waals surface area contributed by atoms with Gasteiger partial charge in [0.05, 0.1) is 5.56 Å². The first-order chi connectivity index (χ1) is 12.8. The molecular weight excluding hydrogens is 462 g/mol. The summed E-state index contributed by atoms with van der Waals surface area (Å²) in [5.74, 6) is 0. The van der Waals surface area contributed by atoms with Gasteiger partial charge in [0.15, 0.2) is 0 Å². The molecular formula is C22H19F3IN. The molecule has 0 amide bonds. The second-order valence-corrected chi connectivity index (χ2v) is 7.53. The summed E-state index contributed by atoms with van der Waals surface area (Å²) >= 11 is 2.14. The highest BCUT2D eigenvalue weighted by atomic mass is 127. The third-order valence-corrected chi connectivity index (χ3v) is 5.88. The van der Waals surface area contributed by atoms with E-state index in [0.717, 1.165) is 26.3 Å². The highest BCUT2D eigenvalue weighted by Crippen LogP contribution is 2.44. The van der Waals surface area contributed by atoms with Crippen LogP contribution in [0.5, 0.6) is 0 Å². The molecule has 0 aliphatic carbocycles.